The molecular formula is C9H14N2O4. The summed E-state index contributed by atoms with van der Waals surface area (Å²) in [4.78, 5) is 3.89. The third-order valence-electron chi connectivity index (χ3n) is 1.96. The van der Waals surface area contributed by atoms with Gasteiger partial charge in [-0.15, -0.1) is 0 Å². The summed E-state index contributed by atoms with van der Waals surface area (Å²) in [6, 6.07) is 2.97. The van der Waals surface area contributed by atoms with Gasteiger partial charge in [-0.2, -0.15) is 0 Å². The molecule has 0 aliphatic heterocycles. The molecule has 1 rings (SSSR count). The van der Waals surface area contributed by atoms with Gasteiger partial charge in [0.1, 0.15) is 12.2 Å². The van der Waals surface area contributed by atoms with Gasteiger partial charge in [-0.05, 0) is 12.1 Å². The van der Waals surface area contributed by atoms with E-state index in [2.05, 4.69) is 4.98 Å². The number of nitrogens with two attached hydrogens (primary N) is 1. The Balaban J connectivity index is 2.95. The number of hydrogen-bond donors (Lipinski definition) is 4. The molecular weight excluding hydrogens is 200 g/mol. The normalized spacial score (nSPS) is 14.7. The van der Waals surface area contributed by atoms with Crippen molar-refractivity contribution in [3.05, 3.63) is 17.8 Å². The lowest BCUT2D eigenvalue weighted by Gasteiger charge is -2.15. The minimum atomic E-state index is -1.27. The molecule has 84 valence electrons. The number of aliphatic hydroxyl groups excluding tert-OH is 3. The highest BCUT2D eigenvalue weighted by molar-refractivity contribution is 5.48. The molecule has 0 spiro atoms. The highest BCUT2D eigenvalue weighted by atomic mass is 16.5. The number of rotatable bonds is 4. The number of nitrogens with zero attached hydrogens (tertiary/aromatic N) is 1. The molecule has 15 heavy (non-hydrogen) atoms. The van der Waals surface area contributed by atoms with E-state index in [-0.39, 0.29) is 11.6 Å². The van der Waals surface area contributed by atoms with Gasteiger partial charge in [-0.25, -0.2) is 4.98 Å². The standard InChI is InChI=1S/C9H14N2O4/c1-15-9-5(10)2-3-6(11-9)8(14)7(13)4-12/h2-3,7-8,12-14H,4,10H2,1H3. The largest absolute Gasteiger partial charge is 0.480 e. The van der Waals surface area contributed by atoms with Crippen molar-refractivity contribution in [3.8, 4) is 5.88 Å². The molecule has 1 heterocycles. The van der Waals surface area contributed by atoms with Crippen LogP contribution in [0.4, 0.5) is 5.69 Å². The third kappa shape index (κ3) is 2.56. The summed E-state index contributed by atoms with van der Waals surface area (Å²) >= 11 is 0. The number of nitrogen functional groups attached to an aromatic ring is 1. The van der Waals surface area contributed by atoms with Gasteiger partial charge in [0.15, 0.2) is 0 Å². The number of aliphatic hydroxyl groups is 3. The Morgan fingerprint density at radius 1 is 1.47 bits per heavy atom. The summed E-state index contributed by atoms with van der Waals surface area (Å²) in [7, 11) is 1.40. The van der Waals surface area contributed by atoms with Crippen molar-refractivity contribution in [2.45, 2.75) is 12.2 Å². The maximum Gasteiger partial charge on any atom is 0.237 e. The molecule has 1 aromatic heterocycles. The molecule has 0 aliphatic rings. The van der Waals surface area contributed by atoms with Crippen molar-refractivity contribution in [1.29, 1.82) is 0 Å². The summed E-state index contributed by atoms with van der Waals surface area (Å²) in [6.45, 7) is -0.546. The first-order valence-corrected chi connectivity index (χ1v) is 4.37. The van der Waals surface area contributed by atoms with E-state index in [1.54, 1.807) is 0 Å². The fourth-order valence-electron chi connectivity index (χ4n) is 1.09. The first-order chi connectivity index (χ1) is 7.10. The van der Waals surface area contributed by atoms with Gasteiger partial charge >= 0.3 is 0 Å². The molecule has 0 saturated heterocycles. The quantitative estimate of drug-likeness (QED) is 0.515. The zero-order valence-corrected chi connectivity index (χ0v) is 8.29. The molecule has 1 aromatic rings. The Labute approximate surface area is 86.9 Å². The van der Waals surface area contributed by atoms with Crippen molar-refractivity contribution < 1.29 is 20.1 Å². The van der Waals surface area contributed by atoms with E-state index in [1.165, 1.54) is 19.2 Å². The van der Waals surface area contributed by atoms with Gasteiger partial charge in [-0.3, -0.25) is 0 Å². The topological polar surface area (TPSA) is 109 Å². The SMILES string of the molecule is COc1nc(C(O)C(O)CO)ccc1N. The highest BCUT2D eigenvalue weighted by Crippen LogP contribution is 2.22. The van der Waals surface area contributed by atoms with Gasteiger partial charge in [0.2, 0.25) is 5.88 Å². The Bertz CT molecular complexity index is 332. The first kappa shape index (κ1) is 11.7. The minimum absolute atomic E-state index is 0.177. The number of pyridine rings is 1. The number of hydrogen-bond acceptors (Lipinski definition) is 6. The monoisotopic (exact) mass is 214 g/mol. The van der Waals surface area contributed by atoms with E-state index in [0.717, 1.165) is 0 Å². The number of methoxy groups -OCH3 is 1. The maximum absolute atomic E-state index is 9.53. The van der Waals surface area contributed by atoms with Crippen molar-refractivity contribution in [2.24, 2.45) is 0 Å². The minimum Gasteiger partial charge on any atom is -0.480 e. The average Bonchev–Trinajstić information content (AvgIpc) is 2.27. The van der Waals surface area contributed by atoms with Crippen LogP contribution in [0.15, 0.2) is 12.1 Å². The summed E-state index contributed by atoms with van der Waals surface area (Å²) in [5.41, 5.74) is 6.06. The molecule has 6 heteroatoms. The molecule has 0 aromatic carbocycles. The van der Waals surface area contributed by atoms with Gasteiger partial charge in [-0.1, -0.05) is 0 Å². The number of aromatic nitrogens is 1. The fourth-order valence-corrected chi connectivity index (χ4v) is 1.09. The van der Waals surface area contributed by atoms with E-state index >= 15 is 0 Å². The Morgan fingerprint density at radius 2 is 2.13 bits per heavy atom. The van der Waals surface area contributed by atoms with E-state index < -0.39 is 18.8 Å². The first-order valence-electron chi connectivity index (χ1n) is 4.37. The summed E-state index contributed by atoms with van der Waals surface area (Å²) in [6.07, 6.45) is -2.53. The zero-order chi connectivity index (χ0) is 11.4. The van der Waals surface area contributed by atoms with Crippen molar-refractivity contribution in [3.63, 3.8) is 0 Å². The van der Waals surface area contributed by atoms with E-state index in [9.17, 15) is 10.2 Å². The molecule has 0 amide bonds. The van der Waals surface area contributed by atoms with Crippen LogP contribution in [-0.4, -0.2) is 40.1 Å². The highest BCUT2D eigenvalue weighted by Gasteiger charge is 2.19. The smallest absolute Gasteiger partial charge is 0.237 e. The molecule has 2 unspecified atom stereocenters. The second kappa shape index (κ2) is 4.92. The van der Waals surface area contributed by atoms with Crippen LogP contribution in [0.25, 0.3) is 0 Å². The molecule has 5 N–H and O–H groups in total. The summed E-state index contributed by atoms with van der Waals surface area (Å²) in [5, 5.41) is 27.4. The van der Waals surface area contributed by atoms with Gasteiger partial charge in [0.25, 0.3) is 0 Å². The molecule has 0 radical (unpaired) electrons. The Hall–Kier alpha value is -1.37. The van der Waals surface area contributed by atoms with Crippen molar-refractivity contribution in [2.75, 3.05) is 19.5 Å². The molecule has 0 saturated carbocycles. The van der Waals surface area contributed by atoms with Crippen LogP contribution in [0.1, 0.15) is 11.8 Å². The number of ether oxygens (including phenoxy) is 1. The van der Waals surface area contributed by atoms with Crippen LogP contribution in [-0.2, 0) is 0 Å². The van der Waals surface area contributed by atoms with Crippen molar-refractivity contribution >= 4 is 5.69 Å². The van der Waals surface area contributed by atoms with Crippen LogP contribution >= 0.6 is 0 Å². The molecule has 0 fully saturated rings. The second-order valence-corrected chi connectivity index (χ2v) is 3.03. The Morgan fingerprint density at radius 3 is 2.67 bits per heavy atom. The maximum atomic E-state index is 9.53. The lowest BCUT2D eigenvalue weighted by molar-refractivity contribution is -0.0174. The van der Waals surface area contributed by atoms with Crippen LogP contribution in [0, 0.1) is 0 Å². The molecule has 0 aliphatic carbocycles. The summed E-state index contributed by atoms with van der Waals surface area (Å²) in [5.74, 6) is 0.177. The lowest BCUT2D eigenvalue weighted by atomic mass is 10.1. The molecule has 2 atom stereocenters. The van der Waals surface area contributed by atoms with E-state index in [0.29, 0.717) is 5.69 Å². The summed E-state index contributed by atoms with van der Waals surface area (Å²) < 4.78 is 4.86. The predicted molar refractivity (Wildman–Crippen MR) is 53.3 cm³/mol. The Kier molecular flexibility index (Phi) is 3.84. The fraction of sp³-hybridized carbons (Fsp3) is 0.444. The number of anilines is 1. The van der Waals surface area contributed by atoms with Crippen molar-refractivity contribution in [1.82, 2.24) is 4.98 Å². The van der Waals surface area contributed by atoms with Crippen LogP contribution < -0.4 is 10.5 Å². The molecule has 6 nitrogen and oxygen atoms in total. The van der Waals surface area contributed by atoms with Gasteiger partial charge < -0.3 is 25.8 Å². The van der Waals surface area contributed by atoms with E-state index in [1.807, 2.05) is 0 Å². The third-order valence-corrected chi connectivity index (χ3v) is 1.96. The second-order valence-electron chi connectivity index (χ2n) is 3.03. The lowest BCUT2D eigenvalue weighted by Crippen LogP contribution is -2.23. The van der Waals surface area contributed by atoms with E-state index in [4.69, 9.17) is 15.6 Å². The molecule has 0 bridgehead atoms. The van der Waals surface area contributed by atoms with Crippen LogP contribution in [0.5, 0.6) is 5.88 Å². The van der Waals surface area contributed by atoms with Gasteiger partial charge in [0, 0.05) is 0 Å². The zero-order valence-electron chi connectivity index (χ0n) is 8.29. The average molecular weight is 214 g/mol. The van der Waals surface area contributed by atoms with Crippen LogP contribution in [0.2, 0.25) is 0 Å². The van der Waals surface area contributed by atoms with Crippen LogP contribution in [0.3, 0.4) is 0 Å². The van der Waals surface area contributed by atoms with Gasteiger partial charge in [0.05, 0.1) is 25.1 Å². The predicted octanol–water partition coefficient (Wildman–Crippen LogP) is -0.941.